The Morgan fingerprint density at radius 3 is 2.48 bits per heavy atom. The number of nitrogens with zero attached hydrogens (tertiary/aromatic N) is 1. The highest BCUT2D eigenvalue weighted by atomic mass is 35.5. The van der Waals surface area contributed by atoms with E-state index in [9.17, 15) is 4.39 Å². The van der Waals surface area contributed by atoms with Crippen LogP contribution >= 0.6 is 11.6 Å². The fraction of sp³-hybridized carbons (Fsp3) is 0.294. The second-order valence-electron chi connectivity index (χ2n) is 5.02. The van der Waals surface area contributed by atoms with Gasteiger partial charge in [0.2, 0.25) is 0 Å². The fourth-order valence-corrected chi connectivity index (χ4v) is 2.68. The van der Waals surface area contributed by atoms with E-state index in [0.29, 0.717) is 5.69 Å². The Balaban J connectivity index is 2.04. The van der Waals surface area contributed by atoms with Gasteiger partial charge in [-0.1, -0.05) is 41.9 Å². The van der Waals surface area contributed by atoms with Crippen LogP contribution in [0.5, 0.6) is 0 Å². The number of benzene rings is 2. The Kier molecular flexibility index (Phi) is 5.59. The molecule has 0 spiro atoms. The molecular formula is C17H20ClFN2. The number of hydrogen-bond donors (Lipinski definition) is 1. The molecule has 1 unspecified atom stereocenters. The zero-order valence-electron chi connectivity index (χ0n) is 12.3. The van der Waals surface area contributed by atoms with Crippen LogP contribution in [0.1, 0.15) is 18.0 Å². The largest absolute Gasteiger partial charge is 0.372 e. The van der Waals surface area contributed by atoms with Crippen molar-refractivity contribution in [2.24, 2.45) is 0 Å². The van der Waals surface area contributed by atoms with Crippen LogP contribution in [-0.4, -0.2) is 20.6 Å². The van der Waals surface area contributed by atoms with Crippen LogP contribution in [-0.2, 0) is 0 Å². The molecule has 2 aromatic rings. The van der Waals surface area contributed by atoms with Gasteiger partial charge in [-0.15, -0.1) is 0 Å². The minimum atomic E-state index is -0.196. The second-order valence-corrected chi connectivity index (χ2v) is 5.43. The molecule has 21 heavy (non-hydrogen) atoms. The molecular weight excluding hydrogens is 287 g/mol. The lowest BCUT2D eigenvalue weighted by Crippen LogP contribution is -2.26. The molecule has 0 aliphatic carbocycles. The summed E-state index contributed by atoms with van der Waals surface area (Å²) in [6.07, 6.45) is 0.838. The summed E-state index contributed by atoms with van der Waals surface area (Å²) in [6, 6.07) is 14.8. The van der Waals surface area contributed by atoms with Crippen molar-refractivity contribution >= 4 is 17.3 Å². The van der Waals surface area contributed by atoms with Gasteiger partial charge in [0, 0.05) is 24.7 Å². The summed E-state index contributed by atoms with van der Waals surface area (Å²) in [7, 11) is 3.81. The number of hydrogen-bond acceptors (Lipinski definition) is 2. The predicted molar refractivity (Wildman–Crippen MR) is 87.5 cm³/mol. The van der Waals surface area contributed by atoms with E-state index in [0.717, 1.165) is 23.6 Å². The smallest absolute Gasteiger partial charge is 0.146 e. The molecule has 0 fully saturated rings. The Labute approximate surface area is 130 Å². The first-order valence-electron chi connectivity index (χ1n) is 7.01. The summed E-state index contributed by atoms with van der Waals surface area (Å²) in [4.78, 5) is 1.93. The third-order valence-electron chi connectivity index (χ3n) is 3.65. The number of anilines is 1. The number of halogens is 2. The highest BCUT2D eigenvalue weighted by molar-refractivity contribution is 6.31. The molecule has 2 aromatic carbocycles. The molecule has 4 heteroatoms. The van der Waals surface area contributed by atoms with Gasteiger partial charge in [0.25, 0.3) is 0 Å². The highest BCUT2D eigenvalue weighted by Crippen LogP contribution is 2.26. The third-order valence-corrected chi connectivity index (χ3v) is 3.99. The van der Waals surface area contributed by atoms with Gasteiger partial charge in [-0.25, -0.2) is 4.39 Å². The second kappa shape index (κ2) is 7.43. The molecule has 112 valence electrons. The van der Waals surface area contributed by atoms with Crippen LogP contribution in [0.15, 0.2) is 48.5 Å². The first-order valence-corrected chi connectivity index (χ1v) is 7.38. The molecule has 0 heterocycles. The van der Waals surface area contributed by atoms with Crippen LogP contribution in [0, 0.1) is 5.82 Å². The van der Waals surface area contributed by atoms with Crippen molar-refractivity contribution in [3.8, 4) is 0 Å². The number of para-hydroxylation sites is 1. The maximum atomic E-state index is 13.8. The van der Waals surface area contributed by atoms with Crippen molar-refractivity contribution in [1.82, 2.24) is 5.32 Å². The Morgan fingerprint density at radius 2 is 1.81 bits per heavy atom. The van der Waals surface area contributed by atoms with Crippen molar-refractivity contribution < 1.29 is 4.39 Å². The van der Waals surface area contributed by atoms with Gasteiger partial charge in [0.05, 0.1) is 5.69 Å². The summed E-state index contributed by atoms with van der Waals surface area (Å²) < 4.78 is 13.8. The average molecular weight is 307 g/mol. The maximum absolute atomic E-state index is 13.8. The summed E-state index contributed by atoms with van der Waals surface area (Å²) in [6.45, 7) is 0.734. The van der Waals surface area contributed by atoms with E-state index in [1.54, 1.807) is 12.1 Å². The van der Waals surface area contributed by atoms with E-state index in [1.807, 2.05) is 49.3 Å². The zero-order chi connectivity index (χ0) is 15.2. The molecule has 0 aliphatic heterocycles. The van der Waals surface area contributed by atoms with Gasteiger partial charge in [-0.2, -0.15) is 0 Å². The first-order chi connectivity index (χ1) is 10.1. The summed E-state index contributed by atoms with van der Waals surface area (Å²) in [5.74, 6) is -0.196. The average Bonchev–Trinajstić information content (AvgIpc) is 2.49. The Hall–Kier alpha value is -1.58. The van der Waals surface area contributed by atoms with Crippen molar-refractivity contribution in [2.75, 3.05) is 25.5 Å². The van der Waals surface area contributed by atoms with E-state index in [-0.39, 0.29) is 11.9 Å². The molecule has 1 atom stereocenters. The summed E-state index contributed by atoms with van der Waals surface area (Å²) in [5.41, 5.74) is 1.69. The van der Waals surface area contributed by atoms with E-state index < -0.39 is 0 Å². The van der Waals surface area contributed by atoms with Crippen molar-refractivity contribution in [3.63, 3.8) is 0 Å². The van der Waals surface area contributed by atoms with Crippen LogP contribution in [0.2, 0.25) is 5.02 Å². The molecule has 0 aromatic heterocycles. The van der Waals surface area contributed by atoms with Gasteiger partial charge < -0.3 is 10.2 Å². The van der Waals surface area contributed by atoms with E-state index in [2.05, 4.69) is 5.32 Å². The molecule has 0 bridgehead atoms. The minimum absolute atomic E-state index is 0.146. The Morgan fingerprint density at radius 1 is 1.14 bits per heavy atom. The van der Waals surface area contributed by atoms with Gasteiger partial charge in [-0.3, -0.25) is 0 Å². The normalized spacial score (nSPS) is 12.2. The van der Waals surface area contributed by atoms with Gasteiger partial charge in [0.1, 0.15) is 5.82 Å². The van der Waals surface area contributed by atoms with Crippen molar-refractivity contribution in [3.05, 3.63) is 64.9 Å². The van der Waals surface area contributed by atoms with Crippen molar-refractivity contribution in [1.29, 1.82) is 0 Å². The van der Waals surface area contributed by atoms with E-state index in [1.165, 1.54) is 6.07 Å². The molecule has 1 N–H and O–H groups in total. The quantitative estimate of drug-likeness (QED) is 0.857. The van der Waals surface area contributed by atoms with Crippen molar-refractivity contribution in [2.45, 2.75) is 12.5 Å². The van der Waals surface area contributed by atoms with Gasteiger partial charge in [0.15, 0.2) is 0 Å². The third kappa shape index (κ3) is 3.96. The molecule has 0 saturated carbocycles. The molecule has 0 aliphatic rings. The van der Waals surface area contributed by atoms with E-state index >= 15 is 0 Å². The summed E-state index contributed by atoms with van der Waals surface area (Å²) in [5, 5.41) is 4.03. The number of nitrogens with one attached hydrogen (secondary N) is 1. The topological polar surface area (TPSA) is 15.3 Å². The molecule has 0 amide bonds. The first kappa shape index (κ1) is 15.8. The van der Waals surface area contributed by atoms with Crippen LogP contribution < -0.4 is 10.2 Å². The van der Waals surface area contributed by atoms with Gasteiger partial charge >= 0.3 is 0 Å². The fourth-order valence-electron chi connectivity index (χ4n) is 2.42. The zero-order valence-corrected chi connectivity index (χ0v) is 13.1. The number of rotatable bonds is 6. The van der Waals surface area contributed by atoms with Crippen LogP contribution in [0.25, 0.3) is 0 Å². The molecule has 0 radical (unpaired) electrons. The molecule has 2 rings (SSSR count). The Bertz CT molecular complexity index is 589. The maximum Gasteiger partial charge on any atom is 0.146 e. The lowest BCUT2D eigenvalue weighted by atomic mass is 10.0. The molecule has 2 nitrogen and oxygen atoms in total. The SMILES string of the molecule is CNC(CCN(C)c1ccccc1F)c1ccccc1Cl. The van der Waals surface area contributed by atoms with Crippen LogP contribution in [0.4, 0.5) is 10.1 Å². The molecule has 0 saturated heterocycles. The summed E-state index contributed by atoms with van der Waals surface area (Å²) >= 11 is 6.24. The van der Waals surface area contributed by atoms with Gasteiger partial charge in [-0.05, 0) is 37.2 Å². The lowest BCUT2D eigenvalue weighted by molar-refractivity contribution is 0.545. The van der Waals surface area contributed by atoms with E-state index in [4.69, 9.17) is 11.6 Å². The predicted octanol–water partition coefficient (Wildman–Crippen LogP) is 4.27. The standard InChI is InChI=1S/C17H20ClFN2/c1-20-16(13-7-3-4-8-14(13)18)11-12-21(2)17-10-6-5-9-15(17)19/h3-10,16,20H,11-12H2,1-2H3. The van der Waals surface area contributed by atoms with Crippen LogP contribution in [0.3, 0.4) is 0 Å². The lowest BCUT2D eigenvalue weighted by Gasteiger charge is -2.24. The minimum Gasteiger partial charge on any atom is -0.372 e. The monoisotopic (exact) mass is 306 g/mol. The highest BCUT2D eigenvalue weighted by Gasteiger charge is 2.14.